The van der Waals surface area contributed by atoms with Crippen molar-refractivity contribution in [3.05, 3.63) is 53.5 Å². The molecule has 3 aromatic rings. The number of rotatable bonds is 3. The Morgan fingerprint density at radius 2 is 2.04 bits per heavy atom. The second-order valence-electron chi connectivity index (χ2n) is 6.44. The highest BCUT2D eigenvalue weighted by molar-refractivity contribution is 7.18. The van der Waals surface area contributed by atoms with Crippen LogP contribution in [0.4, 0.5) is 10.5 Å². The first-order valence-electron chi connectivity index (χ1n) is 8.79. The van der Waals surface area contributed by atoms with Crippen LogP contribution in [0.3, 0.4) is 0 Å². The van der Waals surface area contributed by atoms with E-state index in [1.54, 1.807) is 18.4 Å². The summed E-state index contributed by atoms with van der Waals surface area (Å²) in [4.78, 5) is 19.4. The molecule has 1 atom stereocenters. The highest BCUT2D eigenvalue weighted by atomic mass is 32.1. The quantitative estimate of drug-likeness (QED) is 0.729. The molecular weight excluding hydrogens is 346 g/mol. The van der Waals surface area contributed by atoms with Gasteiger partial charge in [-0.3, -0.25) is 0 Å². The van der Waals surface area contributed by atoms with Gasteiger partial charge in [-0.1, -0.05) is 24.3 Å². The zero-order valence-corrected chi connectivity index (χ0v) is 15.5. The molecule has 0 saturated carbocycles. The Hall–Kier alpha value is -2.60. The number of carbonyl (C=O) groups excluding carboxylic acids is 1. The molecule has 2 heterocycles. The second-order valence-corrected chi connectivity index (χ2v) is 7.50. The monoisotopic (exact) mass is 367 g/mol. The average Bonchev–Trinajstić information content (AvgIpc) is 3.13. The van der Waals surface area contributed by atoms with Gasteiger partial charge in [0.15, 0.2) is 0 Å². The second kappa shape index (κ2) is 7.33. The molecular formula is C20H21N3O2S. The minimum absolute atomic E-state index is 0.0830. The van der Waals surface area contributed by atoms with Crippen LogP contribution in [0.25, 0.3) is 10.2 Å². The van der Waals surface area contributed by atoms with Crippen molar-refractivity contribution in [3.63, 3.8) is 0 Å². The minimum Gasteiger partial charge on any atom is -0.495 e. The maximum absolute atomic E-state index is 12.7. The third kappa shape index (κ3) is 3.37. The summed E-state index contributed by atoms with van der Waals surface area (Å²) in [6.07, 6.45) is 2.05. The number of carbonyl (C=O) groups is 1. The van der Waals surface area contributed by atoms with E-state index >= 15 is 0 Å². The molecule has 0 radical (unpaired) electrons. The van der Waals surface area contributed by atoms with Crippen LogP contribution in [-0.4, -0.2) is 36.1 Å². The molecule has 6 heteroatoms. The van der Waals surface area contributed by atoms with Gasteiger partial charge >= 0.3 is 6.03 Å². The number of para-hydroxylation sites is 3. The van der Waals surface area contributed by atoms with Crippen molar-refractivity contribution in [3.8, 4) is 5.75 Å². The van der Waals surface area contributed by atoms with E-state index in [0.717, 1.165) is 29.9 Å². The Balaban J connectivity index is 1.48. The van der Waals surface area contributed by atoms with E-state index in [9.17, 15) is 4.79 Å². The molecule has 0 spiro atoms. The van der Waals surface area contributed by atoms with Crippen molar-refractivity contribution >= 4 is 33.3 Å². The van der Waals surface area contributed by atoms with Crippen LogP contribution in [-0.2, 0) is 0 Å². The first kappa shape index (κ1) is 16.8. The summed E-state index contributed by atoms with van der Waals surface area (Å²) >= 11 is 1.74. The summed E-state index contributed by atoms with van der Waals surface area (Å²) in [5, 5.41) is 4.10. The Kier molecular flexibility index (Phi) is 4.75. The van der Waals surface area contributed by atoms with Gasteiger partial charge in [0.1, 0.15) is 5.75 Å². The fraction of sp³-hybridized carbons (Fsp3) is 0.300. The number of anilines is 1. The number of urea groups is 1. The lowest BCUT2D eigenvalue weighted by molar-refractivity contribution is 0.192. The van der Waals surface area contributed by atoms with Gasteiger partial charge in [-0.2, -0.15) is 0 Å². The molecule has 1 aromatic heterocycles. The number of aromatic nitrogens is 1. The highest BCUT2D eigenvalue weighted by Crippen LogP contribution is 2.33. The third-order valence-corrected chi connectivity index (χ3v) is 5.92. The molecule has 1 N–H and O–H groups in total. The number of hydrogen-bond acceptors (Lipinski definition) is 4. The van der Waals surface area contributed by atoms with Crippen LogP contribution in [0, 0.1) is 0 Å². The number of ether oxygens (including phenoxy) is 1. The van der Waals surface area contributed by atoms with Gasteiger partial charge in [-0.05, 0) is 37.1 Å². The number of nitrogens with zero attached hydrogens (tertiary/aromatic N) is 2. The predicted octanol–water partition coefficient (Wildman–Crippen LogP) is 4.72. The van der Waals surface area contributed by atoms with Gasteiger partial charge in [0.2, 0.25) is 0 Å². The van der Waals surface area contributed by atoms with Crippen LogP contribution in [0.1, 0.15) is 23.8 Å². The van der Waals surface area contributed by atoms with Crippen LogP contribution in [0.2, 0.25) is 0 Å². The van der Waals surface area contributed by atoms with E-state index in [0.29, 0.717) is 23.9 Å². The van der Waals surface area contributed by atoms with Gasteiger partial charge in [0.05, 0.1) is 28.0 Å². The van der Waals surface area contributed by atoms with Crippen molar-refractivity contribution in [2.45, 2.75) is 18.8 Å². The number of methoxy groups -OCH3 is 1. The topological polar surface area (TPSA) is 54.5 Å². The molecule has 2 aromatic carbocycles. The lowest BCUT2D eigenvalue weighted by Gasteiger charge is -2.32. The summed E-state index contributed by atoms with van der Waals surface area (Å²) in [7, 11) is 1.61. The van der Waals surface area contributed by atoms with Gasteiger partial charge < -0.3 is 15.0 Å². The molecule has 0 aliphatic carbocycles. The summed E-state index contributed by atoms with van der Waals surface area (Å²) in [5.41, 5.74) is 1.74. The normalized spacial score (nSPS) is 17.3. The molecule has 1 aliphatic rings. The number of fused-ring (bicyclic) bond motifs is 1. The van der Waals surface area contributed by atoms with Crippen LogP contribution >= 0.6 is 11.3 Å². The molecule has 4 rings (SSSR count). The fourth-order valence-electron chi connectivity index (χ4n) is 3.37. The lowest BCUT2D eigenvalue weighted by atomic mass is 9.99. The van der Waals surface area contributed by atoms with Gasteiger partial charge in [-0.25, -0.2) is 9.78 Å². The molecule has 5 nitrogen and oxygen atoms in total. The van der Waals surface area contributed by atoms with E-state index < -0.39 is 0 Å². The molecule has 1 fully saturated rings. The van der Waals surface area contributed by atoms with Gasteiger partial charge in [0.25, 0.3) is 0 Å². The summed E-state index contributed by atoms with van der Waals surface area (Å²) in [5.74, 6) is 0.963. The average molecular weight is 367 g/mol. The van der Waals surface area contributed by atoms with Crippen molar-refractivity contribution < 1.29 is 9.53 Å². The predicted molar refractivity (Wildman–Crippen MR) is 105 cm³/mol. The molecule has 2 amide bonds. The van der Waals surface area contributed by atoms with E-state index in [1.165, 1.54) is 4.70 Å². The highest BCUT2D eigenvalue weighted by Gasteiger charge is 2.27. The van der Waals surface area contributed by atoms with Gasteiger partial charge in [-0.15, -0.1) is 11.3 Å². The van der Waals surface area contributed by atoms with Crippen molar-refractivity contribution in [2.75, 3.05) is 25.5 Å². The molecule has 0 bridgehead atoms. The summed E-state index contributed by atoms with van der Waals surface area (Å²) in [6.45, 7) is 1.46. The molecule has 26 heavy (non-hydrogen) atoms. The Morgan fingerprint density at radius 1 is 1.23 bits per heavy atom. The number of benzene rings is 2. The van der Waals surface area contributed by atoms with Gasteiger partial charge in [0, 0.05) is 19.0 Å². The largest absolute Gasteiger partial charge is 0.495 e. The molecule has 1 aliphatic heterocycles. The maximum Gasteiger partial charge on any atom is 0.321 e. The van der Waals surface area contributed by atoms with Crippen molar-refractivity contribution in [1.29, 1.82) is 0 Å². The molecule has 134 valence electrons. The number of likely N-dealkylation sites (tertiary alicyclic amines) is 1. The van der Waals surface area contributed by atoms with E-state index in [4.69, 9.17) is 9.72 Å². The minimum atomic E-state index is -0.0830. The smallest absolute Gasteiger partial charge is 0.321 e. The first-order valence-corrected chi connectivity index (χ1v) is 9.60. The van der Waals surface area contributed by atoms with E-state index in [1.807, 2.05) is 47.4 Å². The molecule has 0 unspecified atom stereocenters. The number of nitrogens with one attached hydrogen (secondary N) is 1. The molecule has 1 saturated heterocycles. The third-order valence-electron chi connectivity index (χ3n) is 4.72. The fourth-order valence-corrected chi connectivity index (χ4v) is 4.46. The van der Waals surface area contributed by atoms with E-state index in [2.05, 4.69) is 11.4 Å². The van der Waals surface area contributed by atoms with Crippen LogP contribution in [0.15, 0.2) is 48.5 Å². The standard InChI is InChI=1S/C20H21N3O2S/c1-25-17-10-4-2-8-15(17)22-20(24)23-12-6-7-14(13-23)19-21-16-9-3-5-11-18(16)26-19/h2-5,8-11,14H,6-7,12-13H2,1H3,(H,22,24)/t14-/m0/s1. The Labute approximate surface area is 156 Å². The van der Waals surface area contributed by atoms with Crippen molar-refractivity contribution in [1.82, 2.24) is 9.88 Å². The van der Waals surface area contributed by atoms with Crippen LogP contribution < -0.4 is 10.1 Å². The maximum atomic E-state index is 12.7. The first-order chi connectivity index (χ1) is 12.7. The number of hydrogen-bond donors (Lipinski definition) is 1. The summed E-state index contributed by atoms with van der Waals surface area (Å²) < 4.78 is 6.52. The number of piperidine rings is 1. The van der Waals surface area contributed by atoms with Crippen LogP contribution in [0.5, 0.6) is 5.75 Å². The Bertz CT molecular complexity index is 891. The summed E-state index contributed by atoms with van der Waals surface area (Å²) in [6, 6.07) is 15.6. The lowest BCUT2D eigenvalue weighted by Crippen LogP contribution is -2.41. The number of amides is 2. The zero-order valence-electron chi connectivity index (χ0n) is 14.6. The number of thiazole rings is 1. The Morgan fingerprint density at radius 3 is 2.88 bits per heavy atom. The van der Waals surface area contributed by atoms with Crippen molar-refractivity contribution in [2.24, 2.45) is 0 Å². The SMILES string of the molecule is COc1ccccc1NC(=O)N1CCC[C@H](c2nc3ccccc3s2)C1. The zero-order chi connectivity index (χ0) is 17.9. The van der Waals surface area contributed by atoms with E-state index in [-0.39, 0.29) is 6.03 Å².